The summed E-state index contributed by atoms with van der Waals surface area (Å²) in [6, 6.07) is 6.14. The third-order valence-electron chi connectivity index (χ3n) is 5.07. The van der Waals surface area contributed by atoms with Crippen LogP contribution in [0.1, 0.15) is 62.7 Å². The van der Waals surface area contributed by atoms with Gasteiger partial charge in [0, 0.05) is 13.1 Å². The molecule has 1 atom stereocenters. The van der Waals surface area contributed by atoms with E-state index >= 15 is 0 Å². The zero-order valence-electron chi connectivity index (χ0n) is 18.9. The highest BCUT2D eigenvalue weighted by Gasteiger charge is 2.34. The Hall–Kier alpha value is -2.68. The van der Waals surface area contributed by atoms with Crippen LogP contribution in [0, 0.1) is 0 Å². The average molecular weight is 464 g/mol. The normalized spacial score (nSPS) is 15.6. The largest absolute Gasteiger partial charge is 0.493 e. The molecule has 1 aliphatic heterocycles. The number of nitrogens with one attached hydrogen (secondary N) is 2. The number of carbonyl (C=O) groups is 3. The van der Waals surface area contributed by atoms with Crippen molar-refractivity contribution in [2.75, 3.05) is 26.3 Å². The summed E-state index contributed by atoms with van der Waals surface area (Å²) in [5, 5.41) is 5.52. The van der Waals surface area contributed by atoms with E-state index in [2.05, 4.69) is 17.6 Å². The van der Waals surface area contributed by atoms with Crippen molar-refractivity contribution in [3.63, 3.8) is 0 Å². The maximum absolute atomic E-state index is 12.9. The van der Waals surface area contributed by atoms with Gasteiger partial charge in [0.15, 0.2) is 5.11 Å². The van der Waals surface area contributed by atoms with Crippen LogP contribution in [0.4, 0.5) is 0 Å². The van der Waals surface area contributed by atoms with E-state index in [9.17, 15) is 14.4 Å². The number of rotatable bonds is 11. The molecule has 2 N–H and O–H groups in total. The quantitative estimate of drug-likeness (QED) is 0.296. The molecule has 0 aliphatic carbocycles. The molecule has 2 amide bonds. The first-order valence-electron chi connectivity index (χ1n) is 11.2. The lowest BCUT2D eigenvalue weighted by Gasteiger charge is -2.36. The van der Waals surface area contributed by atoms with E-state index in [1.54, 1.807) is 29.2 Å². The number of thiocarbonyl (C=S) groups is 1. The number of carbonyl (C=O) groups excluding carboxylic acids is 3. The predicted molar refractivity (Wildman–Crippen MR) is 126 cm³/mol. The Labute approximate surface area is 195 Å². The molecule has 1 heterocycles. The van der Waals surface area contributed by atoms with Crippen LogP contribution < -0.4 is 15.4 Å². The Bertz CT molecular complexity index is 802. The highest BCUT2D eigenvalue weighted by atomic mass is 32.1. The van der Waals surface area contributed by atoms with Crippen LogP contribution in [0.2, 0.25) is 0 Å². The fourth-order valence-electron chi connectivity index (χ4n) is 3.26. The summed E-state index contributed by atoms with van der Waals surface area (Å²) in [6.07, 6.45) is 4.57. The number of esters is 1. The summed E-state index contributed by atoms with van der Waals surface area (Å²) in [6.45, 7) is 5.71. The molecule has 176 valence electrons. The van der Waals surface area contributed by atoms with Gasteiger partial charge in [-0.15, -0.1) is 0 Å². The van der Waals surface area contributed by atoms with Crippen molar-refractivity contribution >= 4 is 35.1 Å². The average Bonchev–Trinajstić information content (AvgIpc) is 2.78. The highest BCUT2D eigenvalue weighted by Crippen LogP contribution is 2.19. The molecule has 1 unspecified atom stereocenters. The van der Waals surface area contributed by atoms with Gasteiger partial charge in [-0.3, -0.25) is 19.7 Å². The fraction of sp³-hybridized carbons (Fsp3) is 0.565. The van der Waals surface area contributed by atoms with Crippen LogP contribution in [-0.2, 0) is 14.3 Å². The van der Waals surface area contributed by atoms with Crippen LogP contribution in [0.25, 0.3) is 0 Å². The molecule has 32 heavy (non-hydrogen) atoms. The minimum atomic E-state index is -0.828. The first kappa shape index (κ1) is 25.6. The molecular formula is C23H33N3O5S. The van der Waals surface area contributed by atoms with E-state index in [0.717, 1.165) is 32.1 Å². The van der Waals surface area contributed by atoms with Crippen molar-refractivity contribution < 1.29 is 23.9 Å². The van der Waals surface area contributed by atoms with Gasteiger partial charge in [-0.1, -0.05) is 45.2 Å². The highest BCUT2D eigenvalue weighted by molar-refractivity contribution is 7.80. The molecule has 1 aromatic rings. The van der Waals surface area contributed by atoms with Gasteiger partial charge in [0.2, 0.25) is 5.91 Å². The smallest absolute Gasteiger partial charge is 0.308 e. The standard InChI is InChI=1S/C23H33N3O5S/c1-3-5-9-15-30-19-11-8-7-10-17(19)21(28)25-23(32)26-13-12-24-22(29)18(26)16-20(27)31-14-6-4-2/h7-8,10-11,18H,3-6,9,12-16H2,1-2H3,(H,24,29)(H,25,28,32). The first-order valence-corrected chi connectivity index (χ1v) is 11.7. The number of hydrogen-bond donors (Lipinski definition) is 2. The SMILES string of the molecule is CCCCCOc1ccccc1C(=O)NC(=S)N1CCNC(=O)C1CC(=O)OCCCC. The van der Waals surface area contributed by atoms with Gasteiger partial charge < -0.3 is 19.7 Å². The molecule has 0 radical (unpaired) electrons. The number of ether oxygens (including phenoxy) is 2. The predicted octanol–water partition coefficient (Wildman–Crippen LogP) is 2.80. The molecule has 0 spiro atoms. The summed E-state index contributed by atoms with van der Waals surface area (Å²) in [5.74, 6) is -0.724. The number of nitrogens with zero attached hydrogens (tertiary/aromatic N) is 1. The van der Waals surface area contributed by atoms with E-state index < -0.39 is 17.9 Å². The van der Waals surface area contributed by atoms with Gasteiger partial charge in [-0.25, -0.2) is 0 Å². The van der Waals surface area contributed by atoms with Gasteiger partial charge in [-0.2, -0.15) is 0 Å². The van der Waals surface area contributed by atoms with Crippen molar-refractivity contribution in [3.05, 3.63) is 29.8 Å². The number of amides is 2. The number of para-hydroxylation sites is 1. The monoisotopic (exact) mass is 463 g/mol. The third-order valence-corrected chi connectivity index (χ3v) is 5.41. The van der Waals surface area contributed by atoms with Crippen LogP contribution in [0.5, 0.6) is 5.75 Å². The lowest BCUT2D eigenvalue weighted by atomic mass is 10.1. The van der Waals surface area contributed by atoms with Gasteiger partial charge in [-0.05, 0) is 37.2 Å². The van der Waals surface area contributed by atoms with Crippen molar-refractivity contribution in [1.82, 2.24) is 15.5 Å². The summed E-state index contributed by atoms with van der Waals surface area (Å²) in [5.41, 5.74) is 0.364. The van der Waals surface area contributed by atoms with Crippen molar-refractivity contribution in [1.29, 1.82) is 0 Å². The zero-order chi connectivity index (χ0) is 23.3. The minimum absolute atomic E-state index is 0.0944. The number of unbranched alkanes of at least 4 members (excludes halogenated alkanes) is 3. The number of benzene rings is 1. The molecule has 9 heteroatoms. The fourth-order valence-corrected chi connectivity index (χ4v) is 3.57. The second-order valence-electron chi connectivity index (χ2n) is 7.59. The molecular weight excluding hydrogens is 430 g/mol. The zero-order valence-corrected chi connectivity index (χ0v) is 19.7. The third kappa shape index (κ3) is 7.78. The Kier molecular flexibility index (Phi) is 10.9. The van der Waals surface area contributed by atoms with Crippen molar-refractivity contribution in [3.8, 4) is 5.75 Å². The molecule has 1 saturated heterocycles. The summed E-state index contributed by atoms with van der Waals surface area (Å²) in [7, 11) is 0. The van der Waals surface area contributed by atoms with E-state index in [0.29, 0.717) is 37.6 Å². The van der Waals surface area contributed by atoms with Crippen LogP contribution >= 0.6 is 12.2 Å². The van der Waals surface area contributed by atoms with E-state index in [1.165, 1.54) is 0 Å². The van der Waals surface area contributed by atoms with Crippen molar-refractivity contribution in [2.45, 2.75) is 58.4 Å². The summed E-state index contributed by atoms with van der Waals surface area (Å²) in [4.78, 5) is 39.0. The molecule has 1 aromatic carbocycles. The number of hydrogen-bond acceptors (Lipinski definition) is 6. The molecule has 1 aliphatic rings. The minimum Gasteiger partial charge on any atom is -0.493 e. The Morgan fingerprint density at radius 2 is 1.91 bits per heavy atom. The second kappa shape index (κ2) is 13.7. The summed E-state index contributed by atoms with van der Waals surface area (Å²) >= 11 is 5.43. The molecule has 2 rings (SSSR count). The molecule has 0 saturated carbocycles. The molecule has 1 fully saturated rings. The topological polar surface area (TPSA) is 97.0 Å². The Balaban J connectivity index is 2.02. The molecule has 8 nitrogen and oxygen atoms in total. The Morgan fingerprint density at radius 3 is 2.66 bits per heavy atom. The van der Waals surface area contributed by atoms with Crippen LogP contribution in [0.3, 0.4) is 0 Å². The lowest BCUT2D eigenvalue weighted by molar-refractivity contribution is -0.147. The lowest BCUT2D eigenvalue weighted by Crippen LogP contribution is -2.60. The van der Waals surface area contributed by atoms with E-state index in [1.807, 2.05) is 6.92 Å². The maximum Gasteiger partial charge on any atom is 0.308 e. The molecule has 0 bridgehead atoms. The van der Waals surface area contributed by atoms with E-state index in [4.69, 9.17) is 21.7 Å². The van der Waals surface area contributed by atoms with E-state index in [-0.39, 0.29) is 17.4 Å². The van der Waals surface area contributed by atoms with Gasteiger partial charge in [0.05, 0.1) is 25.2 Å². The van der Waals surface area contributed by atoms with Crippen LogP contribution in [-0.4, -0.2) is 60.1 Å². The van der Waals surface area contributed by atoms with Gasteiger partial charge in [0.25, 0.3) is 5.91 Å². The summed E-state index contributed by atoms with van der Waals surface area (Å²) < 4.78 is 11.0. The molecule has 0 aromatic heterocycles. The first-order chi connectivity index (χ1) is 15.5. The van der Waals surface area contributed by atoms with Crippen LogP contribution in [0.15, 0.2) is 24.3 Å². The van der Waals surface area contributed by atoms with Gasteiger partial charge >= 0.3 is 5.97 Å². The maximum atomic E-state index is 12.9. The number of piperazine rings is 1. The Morgan fingerprint density at radius 1 is 1.16 bits per heavy atom. The second-order valence-corrected chi connectivity index (χ2v) is 7.98. The van der Waals surface area contributed by atoms with Crippen molar-refractivity contribution in [2.24, 2.45) is 0 Å². The van der Waals surface area contributed by atoms with Gasteiger partial charge in [0.1, 0.15) is 11.8 Å².